The second kappa shape index (κ2) is 8.32. The molecule has 0 aliphatic carbocycles. The molecule has 1 N–H and O–H groups in total. The number of rotatable bonds is 8. The summed E-state index contributed by atoms with van der Waals surface area (Å²) < 4.78 is 5.42. The number of nitrogens with one attached hydrogen (secondary N) is 1. The van der Waals surface area contributed by atoms with E-state index < -0.39 is 0 Å². The van der Waals surface area contributed by atoms with Crippen LogP contribution in [0.15, 0.2) is 0 Å². The fourth-order valence-corrected chi connectivity index (χ4v) is 2.33. The average Bonchev–Trinajstić information content (AvgIpc) is 2.38. The van der Waals surface area contributed by atoms with Crippen LogP contribution in [-0.2, 0) is 11.2 Å². The summed E-state index contributed by atoms with van der Waals surface area (Å²) in [6, 6.07) is 0. The zero-order valence-corrected chi connectivity index (χ0v) is 13.8. The molecule has 0 bridgehead atoms. The minimum absolute atomic E-state index is 0.000478. The number of hydrogen-bond acceptors (Lipinski definition) is 4. The van der Waals surface area contributed by atoms with Crippen molar-refractivity contribution < 1.29 is 4.74 Å². The quantitative estimate of drug-likeness (QED) is 0.743. The van der Waals surface area contributed by atoms with Gasteiger partial charge in [0.05, 0.1) is 0 Å². The summed E-state index contributed by atoms with van der Waals surface area (Å²) in [5, 5.41) is 3.47. The van der Waals surface area contributed by atoms with Crippen LogP contribution in [0.5, 0.6) is 0 Å². The second-order valence-electron chi connectivity index (χ2n) is 5.71. The largest absolute Gasteiger partial charge is 0.373 e. The molecule has 1 aromatic heterocycles. The minimum Gasteiger partial charge on any atom is -0.373 e. The number of methoxy groups -OCH3 is 1. The van der Waals surface area contributed by atoms with E-state index in [1.165, 1.54) is 5.56 Å². The Bertz CT molecular complexity index is 391. The van der Waals surface area contributed by atoms with Gasteiger partial charge in [-0.25, -0.2) is 9.97 Å². The Hall–Kier alpha value is -1.00. The molecule has 1 rings (SSSR count). The number of aromatic nitrogens is 2. The standard InChI is InChI=1S/C16H29N3O/c1-7-15(20-6)16-18-12(4)14(13(5)19-16)8-9-17-10-11(2)3/h11,15,17H,7-10H2,1-6H3. The van der Waals surface area contributed by atoms with E-state index in [0.717, 1.165) is 43.1 Å². The van der Waals surface area contributed by atoms with Crippen molar-refractivity contribution in [2.24, 2.45) is 5.92 Å². The number of hydrogen-bond donors (Lipinski definition) is 1. The highest BCUT2D eigenvalue weighted by Crippen LogP contribution is 2.19. The van der Waals surface area contributed by atoms with Crippen molar-refractivity contribution in [3.05, 3.63) is 22.8 Å². The summed E-state index contributed by atoms with van der Waals surface area (Å²) in [6.07, 6.45) is 1.87. The van der Waals surface area contributed by atoms with Crippen LogP contribution in [0.4, 0.5) is 0 Å². The molecule has 4 heteroatoms. The van der Waals surface area contributed by atoms with Crippen LogP contribution in [0.1, 0.15) is 56.1 Å². The molecule has 0 aromatic carbocycles. The van der Waals surface area contributed by atoms with E-state index in [1.807, 2.05) is 0 Å². The van der Waals surface area contributed by atoms with E-state index in [-0.39, 0.29) is 6.10 Å². The van der Waals surface area contributed by atoms with E-state index >= 15 is 0 Å². The van der Waals surface area contributed by atoms with Crippen molar-refractivity contribution in [3.63, 3.8) is 0 Å². The molecule has 0 radical (unpaired) electrons. The first-order chi connectivity index (χ1) is 9.49. The molecule has 1 aromatic rings. The maximum absolute atomic E-state index is 5.42. The van der Waals surface area contributed by atoms with Crippen LogP contribution in [0, 0.1) is 19.8 Å². The average molecular weight is 279 g/mol. The smallest absolute Gasteiger partial charge is 0.157 e. The van der Waals surface area contributed by atoms with Crippen molar-refractivity contribution in [1.29, 1.82) is 0 Å². The number of nitrogens with zero attached hydrogens (tertiary/aromatic N) is 2. The van der Waals surface area contributed by atoms with Crippen LogP contribution in [-0.4, -0.2) is 30.2 Å². The van der Waals surface area contributed by atoms with Crippen molar-refractivity contribution in [1.82, 2.24) is 15.3 Å². The van der Waals surface area contributed by atoms with Crippen molar-refractivity contribution in [3.8, 4) is 0 Å². The Morgan fingerprint density at radius 2 is 1.75 bits per heavy atom. The van der Waals surface area contributed by atoms with Gasteiger partial charge in [-0.2, -0.15) is 0 Å². The lowest BCUT2D eigenvalue weighted by Gasteiger charge is -2.16. The lowest BCUT2D eigenvalue weighted by Crippen LogP contribution is -2.23. The third-order valence-electron chi connectivity index (χ3n) is 3.49. The molecule has 0 aliphatic heterocycles. The van der Waals surface area contributed by atoms with Gasteiger partial charge in [-0.05, 0) is 51.3 Å². The van der Waals surface area contributed by atoms with Gasteiger partial charge in [0.25, 0.3) is 0 Å². The monoisotopic (exact) mass is 279 g/mol. The zero-order valence-electron chi connectivity index (χ0n) is 13.8. The normalized spacial score (nSPS) is 12.9. The highest BCUT2D eigenvalue weighted by Gasteiger charge is 2.15. The number of ether oxygens (including phenoxy) is 1. The molecule has 0 amide bonds. The molecule has 0 saturated heterocycles. The Morgan fingerprint density at radius 1 is 1.15 bits per heavy atom. The van der Waals surface area contributed by atoms with Gasteiger partial charge >= 0.3 is 0 Å². The maximum atomic E-state index is 5.42. The highest BCUT2D eigenvalue weighted by molar-refractivity contribution is 5.25. The van der Waals surface area contributed by atoms with Crippen molar-refractivity contribution in [2.45, 2.75) is 53.6 Å². The third kappa shape index (κ3) is 4.84. The predicted molar refractivity (Wildman–Crippen MR) is 83.0 cm³/mol. The lowest BCUT2D eigenvalue weighted by molar-refractivity contribution is 0.0922. The van der Waals surface area contributed by atoms with Gasteiger partial charge in [0.2, 0.25) is 0 Å². The summed E-state index contributed by atoms with van der Waals surface area (Å²) in [6.45, 7) is 12.7. The lowest BCUT2D eigenvalue weighted by atomic mass is 10.1. The van der Waals surface area contributed by atoms with Crippen LogP contribution in [0.25, 0.3) is 0 Å². The molecule has 0 aliphatic rings. The van der Waals surface area contributed by atoms with E-state index in [2.05, 4.69) is 49.9 Å². The summed E-state index contributed by atoms with van der Waals surface area (Å²) in [5.74, 6) is 1.49. The Balaban J connectivity index is 2.74. The van der Waals surface area contributed by atoms with Gasteiger partial charge in [0, 0.05) is 18.5 Å². The summed E-state index contributed by atoms with van der Waals surface area (Å²) in [4.78, 5) is 9.25. The highest BCUT2D eigenvalue weighted by atomic mass is 16.5. The van der Waals surface area contributed by atoms with Crippen LogP contribution in [0.3, 0.4) is 0 Å². The fraction of sp³-hybridized carbons (Fsp3) is 0.750. The molecular formula is C16H29N3O. The van der Waals surface area contributed by atoms with E-state index in [0.29, 0.717) is 5.92 Å². The van der Waals surface area contributed by atoms with E-state index in [1.54, 1.807) is 7.11 Å². The van der Waals surface area contributed by atoms with Gasteiger partial charge < -0.3 is 10.1 Å². The van der Waals surface area contributed by atoms with Gasteiger partial charge in [0.1, 0.15) is 6.10 Å². The summed E-state index contributed by atoms with van der Waals surface area (Å²) in [7, 11) is 1.71. The molecule has 114 valence electrons. The van der Waals surface area contributed by atoms with E-state index in [4.69, 9.17) is 4.74 Å². The Kier molecular flexibility index (Phi) is 7.10. The van der Waals surface area contributed by atoms with Crippen LogP contribution < -0.4 is 5.32 Å². The van der Waals surface area contributed by atoms with Gasteiger partial charge in [-0.15, -0.1) is 0 Å². The predicted octanol–water partition coefficient (Wildman–Crippen LogP) is 2.98. The molecular weight excluding hydrogens is 250 g/mol. The van der Waals surface area contributed by atoms with E-state index in [9.17, 15) is 0 Å². The molecule has 1 unspecified atom stereocenters. The molecule has 1 atom stereocenters. The third-order valence-corrected chi connectivity index (χ3v) is 3.49. The van der Waals surface area contributed by atoms with Crippen molar-refractivity contribution >= 4 is 0 Å². The first kappa shape index (κ1) is 17.1. The Morgan fingerprint density at radius 3 is 2.20 bits per heavy atom. The Labute approximate surface area is 123 Å². The maximum Gasteiger partial charge on any atom is 0.157 e. The summed E-state index contributed by atoms with van der Waals surface area (Å²) in [5.41, 5.74) is 3.42. The first-order valence-corrected chi connectivity index (χ1v) is 7.57. The van der Waals surface area contributed by atoms with Crippen LogP contribution >= 0.6 is 0 Å². The zero-order chi connectivity index (χ0) is 15.1. The molecule has 4 nitrogen and oxygen atoms in total. The molecule has 0 spiro atoms. The number of aryl methyl sites for hydroxylation is 2. The molecule has 0 saturated carbocycles. The topological polar surface area (TPSA) is 47.0 Å². The van der Waals surface area contributed by atoms with Gasteiger partial charge in [0.15, 0.2) is 5.82 Å². The van der Waals surface area contributed by atoms with Crippen molar-refractivity contribution in [2.75, 3.05) is 20.2 Å². The molecule has 0 fully saturated rings. The second-order valence-corrected chi connectivity index (χ2v) is 5.71. The van der Waals surface area contributed by atoms with Gasteiger partial charge in [-0.3, -0.25) is 0 Å². The summed E-state index contributed by atoms with van der Waals surface area (Å²) >= 11 is 0. The first-order valence-electron chi connectivity index (χ1n) is 7.57. The molecule has 1 heterocycles. The van der Waals surface area contributed by atoms with Gasteiger partial charge in [-0.1, -0.05) is 20.8 Å². The fourth-order valence-electron chi connectivity index (χ4n) is 2.33. The van der Waals surface area contributed by atoms with Crippen LogP contribution in [0.2, 0.25) is 0 Å². The molecule has 20 heavy (non-hydrogen) atoms. The SMILES string of the molecule is CCC(OC)c1nc(C)c(CCNCC(C)C)c(C)n1. The minimum atomic E-state index is 0.000478.